The molecule has 1 aliphatic heterocycles. The highest BCUT2D eigenvalue weighted by atomic mass is 19.3. The van der Waals surface area contributed by atoms with Crippen LogP contribution in [0.4, 0.5) is 24.7 Å². The van der Waals surface area contributed by atoms with Crippen molar-refractivity contribution in [2.45, 2.75) is 70.9 Å². The summed E-state index contributed by atoms with van der Waals surface area (Å²) in [5.74, 6) is -4.02. The maximum atomic E-state index is 15.4. The molecular weight excluding hydrogens is 469 g/mol. The predicted octanol–water partition coefficient (Wildman–Crippen LogP) is 5.76. The summed E-state index contributed by atoms with van der Waals surface area (Å²) in [5.41, 5.74) is -1.76. The lowest BCUT2D eigenvalue weighted by Crippen LogP contribution is -2.41. The van der Waals surface area contributed by atoms with E-state index in [4.69, 9.17) is 0 Å². The second-order valence-corrected chi connectivity index (χ2v) is 10.3. The number of halogens is 3. The smallest absolute Gasteiger partial charge is 0.303 e. The summed E-state index contributed by atoms with van der Waals surface area (Å²) >= 11 is 0. The first kappa shape index (κ1) is 25.9. The zero-order valence-electron chi connectivity index (χ0n) is 21.5. The van der Waals surface area contributed by atoms with Gasteiger partial charge in [-0.15, -0.1) is 0 Å². The van der Waals surface area contributed by atoms with Gasteiger partial charge >= 0.3 is 5.92 Å². The quantitative estimate of drug-likeness (QED) is 0.450. The predicted molar refractivity (Wildman–Crippen MR) is 134 cm³/mol. The lowest BCUT2D eigenvalue weighted by Gasteiger charge is -2.30. The summed E-state index contributed by atoms with van der Waals surface area (Å²) in [5, 5.41) is 13.7. The van der Waals surface area contributed by atoms with Crippen LogP contribution in [0.15, 0.2) is 30.3 Å². The number of nitrogens with zero attached hydrogens (tertiary/aromatic N) is 3. The van der Waals surface area contributed by atoms with E-state index in [9.17, 15) is 18.7 Å². The molecule has 2 aromatic carbocycles. The number of fused-ring (bicyclic) bond motifs is 2. The summed E-state index contributed by atoms with van der Waals surface area (Å²) in [6, 6.07) is 6.74. The zero-order valence-corrected chi connectivity index (χ0v) is 21.5. The molecule has 2 atom stereocenters. The summed E-state index contributed by atoms with van der Waals surface area (Å²) in [6.45, 7) is 9.12. The fourth-order valence-electron chi connectivity index (χ4n) is 4.79. The zero-order chi connectivity index (χ0) is 26.8. The topological polar surface area (TPSA) is 78.4 Å². The van der Waals surface area contributed by atoms with Crippen molar-refractivity contribution in [2.24, 2.45) is 0 Å². The number of carbonyl (C=O) groups excluding carboxylic acids is 1. The molecule has 1 amide bonds. The molecule has 9 heteroatoms. The van der Waals surface area contributed by atoms with Gasteiger partial charge in [-0.25, -0.2) is 14.4 Å². The van der Waals surface area contributed by atoms with E-state index in [-0.39, 0.29) is 11.5 Å². The van der Waals surface area contributed by atoms with E-state index in [2.05, 4.69) is 15.3 Å². The van der Waals surface area contributed by atoms with Crippen molar-refractivity contribution in [1.82, 2.24) is 9.97 Å². The molecule has 0 saturated carbocycles. The Morgan fingerprint density at radius 1 is 1.22 bits per heavy atom. The number of amides is 1. The summed E-state index contributed by atoms with van der Waals surface area (Å²) in [4.78, 5) is 23.7. The Labute approximate surface area is 208 Å². The van der Waals surface area contributed by atoms with Crippen molar-refractivity contribution in [1.29, 1.82) is 0 Å². The van der Waals surface area contributed by atoms with Crippen molar-refractivity contribution in [2.75, 3.05) is 17.3 Å². The number of likely N-dealkylation sites (N-methyl/N-ethyl adjacent to an activating group) is 1. The fourth-order valence-corrected chi connectivity index (χ4v) is 4.79. The van der Waals surface area contributed by atoms with Gasteiger partial charge in [-0.05, 0) is 64.8 Å². The molecule has 2 unspecified atom stereocenters. The molecule has 192 valence electrons. The van der Waals surface area contributed by atoms with Gasteiger partial charge in [0.1, 0.15) is 23.1 Å². The van der Waals surface area contributed by atoms with Crippen molar-refractivity contribution >= 4 is 28.3 Å². The molecule has 0 spiro atoms. The van der Waals surface area contributed by atoms with Gasteiger partial charge < -0.3 is 15.3 Å². The third-order valence-electron chi connectivity index (χ3n) is 7.32. The number of hydrogen-bond acceptors (Lipinski definition) is 5. The Kier molecular flexibility index (Phi) is 6.06. The molecule has 1 aromatic heterocycles. The Morgan fingerprint density at radius 3 is 2.50 bits per heavy atom. The highest BCUT2D eigenvalue weighted by Gasteiger charge is 2.49. The van der Waals surface area contributed by atoms with Gasteiger partial charge in [0.25, 0.3) is 0 Å². The first-order valence-corrected chi connectivity index (χ1v) is 11.9. The molecule has 4 rings (SSSR count). The molecule has 36 heavy (non-hydrogen) atoms. The minimum absolute atomic E-state index is 0.00511. The van der Waals surface area contributed by atoms with Crippen LogP contribution in [0.1, 0.15) is 69.6 Å². The second-order valence-electron chi connectivity index (χ2n) is 10.3. The van der Waals surface area contributed by atoms with Crippen molar-refractivity contribution in [3.8, 4) is 0 Å². The minimum Gasteiger partial charge on any atom is -0.384 e. The van der Waals surface area contributed by atoms with Crippen LogP contribution in [0, 0.1) is 12.7 Å². The maximum absolute atomic E-state index is 15.4. The van der Waals surface area contributed by atoms with Crippen LogP contribution >= 0.6 is 0 Å². The summed E-state index contributed by atoms with van der Waals surface area (Å²) in [6.07, 6.45) is 0.605. The second kappa shape index (κ2) is 8.44. The molecule has 1 aliphatic rings. The Morgan fingerprint density at radius 2 is 1.89 bits per heavy atom. The Balaban J connectivity index is 1.81. The molecule has 6 nitrogen and oxygen atoms in total. The van der Waals surface area contributed by atoms with Crippen molar-refractivity contribution in [3.05, 3.63) is 58.7 Å². The Hall–Kier alpha value is -3.20. The minimum atomic E-state index is -3.80. The molecule has 0 saturated heterocycles. The van der Waals surface area contributed by atoms with Crippen LogP contribution in [0.5, 0.6) is 0 Å². The SMILES string of the molecule is CCC1(C)C(=O)N(C)c2cc3nc(C)nc(NC(C)c4cccc(C(F)(F)C(C)(C)O)c4F)c3cc21. The van der Waals surface area contributed by atoms with E-state index in [1.54, 1.807) is 25.8 Å². The van der Waals surface area contributed by atoms with Gasteiger partial charge in [0, 0.05) is 23.7 Å². The first-order chi connectivity index (χ1) is 16.6. The third-order valence-corrected chi connectivity index (χ3v) is 7.32. The highest BCUT2D eigenvalue weighted by Crippen LogP contribution is 2.46. The summed E-state index contributed by atoms with van der Waals surface area (Å²) < 4.78 is 44.9. The highest BCUT2D eigenvalue weighted by molar-refractivity contribution is 6.10. The molecule has 2 heterocycles. The third kappa shape index (κ3) is 3.80. The van der Waals surface area contributed by atoms with Crippen molar-refractivity contribution in [3.63, 3.8) is 0 Å². The van der Waals surface area contributed by atoms with E-state index in [0.717, 1.165) is 31.2 Å². The van der Waals surface area contributed by atoms with E-state index in [1.807, 2.05) is 26.0 Å². The van der Waals surface area contributed by atoms with Crippen LogP contribution in [-0.2, 0) is 16.1 Å². The van der Waals surface area contributed by atoms with Crippen LogP contribution < -0.4 is 10.2 Å². The first-order valence-electron chi connectivity index (χ1n) is 11.9. The average Bonchev–Trinajstić information content (AvgIpc) is 2.98. The number of aliphatic hydroxyl groups is 1. The molecule has 2 N–H and O–H groups in total. The standard InChI is InChI=1S/C27H31F3N4O2/c1-8-26(6)19-12-17-20(13-21(19)34(7)24(26)35)32-15(3)33-23(17)31-14(2)16-10-9-11-18(22(16)28)27(29,30)25(4,5)36/h9-14,36H,8H2,1-7H3,(H,31,32,33). The van der Waals surface area contributed by atoms with Gasteiger partial charge in [-0.3, -0.25) is 4.79 Å². The molecule has 0 fully saturated rings. The van der Waals surface area contributed by atoms with Crippen molar-refractivity contribution < 1.29 is 23.1 Å². The largest absolute Gasteiger partial charge is 0.384 e. The van der Waals surface area contributed by atoms with Crippen LogP contribution in [0.25, 0.3) is 10.9 Å². The number of aryl methyl sites for hydroxylation is 1. The van der Waals surface area contributed by atoms with E-state index in [1.165, 1.54) is 12.1 Å². The monoisotopic (exact) mass is 500 g/mol. The van der Waals surface area contributed by atoms with Gasteiger partial charge in [-0.2, -0.15) is 8.78 Å². The van der Waals surface area contributed by atoms with Gasteiger partial charge in [0.15, 0.2) is 0 Å². The lowest BCUT2D eigenvalue weighted by molar-refractivity contribution is -0.170. The molecule has 0 radical (unpaired) electrons. The van der Waals surface area contributed by atoms with Gasteiger partial charge in [0.2, 0.25) is 5.91 Å². The molecule has 3 aromatic rings. The van der Waals surface area contributed by atoms with E-state index >= 15 is 4.39 Å². The number of benzene rings is 2. The normalized spacial score (nSPS) is 19.1. The number of anilines is 2. The Bertz CT molecular complexity index is 1370. The number of carbonyl (C=O) groups is 1. The van der Waals surface area contributed by atoms with Gasteiger partial charge in [-0.1, -0.05) is 19.1 Å². The van der Waals surface area contributed by atoms with Crippen LogP contribution in [0.2, 0.25) is 0 Å². The average molecular weight is 501 g/mol. The number of aromatic nitrogens is 2. The van der Waals surface area contributed by atoms with E-state index in [0.29, 0.717) is 29.0 Å². The van der Waals surface area contributed by atoms with Gasteiger partial charge in [0.05, 0.1) is 22.5 Å². The maximum Gasteiger partial charge on any atom is 0.303 e. The number of rotatable bonds is 6. The molecule has 0 bridgehead atoms. The lowest BCUT2D eigenvalue weighted by atomic mass is 9.81. The molecule has 0 aliphatic carbocycles. The fraction of sp³-hybridized carbons (Fsp3) is 0.444. The number of nitrogens with one attached hydrogen (secondary N) is 1. The molecular formula is C27H31F3N4O2. The van der Waals surface area contributed by atoms with Crippen LogP contribution in [0.3, 0.4) is 0 Å². The number of alkyl halides is 2. The van der Waals surface area contributed by atoms with E-state index < -0.39 is 34.4 Å². The number of hydrogen-bond donors (Lipinski definition) is 2. The summed E-state index contributed by atoms with van der Waals surface area (Å²) in [7, 11) is 1.74. The van der Waals surface area contributed by atoms with Crippen LogP contribution in [-0.4, -0.2) is 33.6 Å².